The number of aliphatic hydroxyl groups excluding tert-OH is 1. The number of para-hydroxylation sites is 1. The molecule has 1 aliphatic carbocycles. The van der Waals surface area contributed by atoms with E-state index < -0.39 is 0 Å². The molecule has 2 saturated heterocycles. The Balaban J connectivity index is 0.00000225. The van der Waals surface area contributed by atoms with Gasteiger partial charge in [-0.15, -0.1) is 12.4 Å². The third-order valence-electron chi connectivity index (χ3n) is 7.67. The average molecular weight is 407 g/mol. The molecule has 3 fully saturated rings. The second kappa shape index (κ2) is 8.73. The van der Waals surface area contributed by atoms with Gasteiger partial charge in [0.25, 0.3) is 0 Å². The van der Waals surface area contributed by atoms with Crippen molar-refractivity contribution < 1.29 is 9.90 Å². The number of carbonyl (C=O) groups excluding carboxylic acids is 1. The van der Waals surface area contributed by atoms with Crippen LogP contribution in [0.25, 0.3) is 0 Å². The van der Waals surface area contributed by atoms with Crippen molar-refractivity contribution in [1.82, 2.24) is 4.90 Å². The van der Waals surface area contributed by atoms with E-state index in [1.54, 1.807) is 0 Å². The molecule has 1 unspecified atom stereocenters. The summed E-state index contributed by atoms with van der Waals surface area (Å²) >= 11 is 0. The number of amides is 1. The molecule has 1 aromatic carbocycles. The molecule has 0 bridgehead atoms. The maximum absolute atomic E-state index is 12.7. The lowest BCUT2D eigenvalue weighted by Crippen LogP contribution is -2.75. The summed E-state index contributed by atoms with van der Waals surface area (Å²) in [5.74, 6) is 1.57. The average Bonchev–Trinajstić information content (AvgIpc) is 2.70. The summed E-state index contributed by atoms with van der Waals surface area (Å²) in [7, 11) is 0. The van der Waals surface area contributed by atoms with Gasteiger partial charge in [-0.3, -0.25) is 4.79 Å². The van der Waals surface area contributed by atoms with E-state index >= 15 is 0 Å². The quantitative estimate of drug-likeness (QED) is 0.765. The van der Waals surface area contributed by atoms with E-state index in [1.807, 2.05) is 35.2 Å². The number of rotatable bonds is 4. The zero-order valence-corrected chi connectivity index (χ0v) is 18.0. The monoisotopic (exact) mass is 406 g/mol. The van der Waals surface area contributed by atoms with Crippen molar-refractivity contribution in [3.63, 3.8) is 0 Å². The van der Waals surface area contributed by atoms with Crippen molar-refractivity contribution in [2.75, 3.05) is 24.6 Å². The molecule has 1 spiro atoms. The molecule has 3 aliphatic rings. The van der Waals surface area contributed by atoms with Gasteiger partial charge in [-0.05, 0) is 62.5 Å². The fraction of sp³-hybridized carbons (Fsp3) is 0.696. The summed E-state index contributed by atoms with van der Waals surface area (Å²) in [5.41, 5.74) is 0.803. The number of hydrogen-bond acceptors (Lipinski definition) is 3. The third-order valence-corrected chi connectivity index (χ3v) is 7.67. The first kappa shape index (κ1) is 21.6. The highest BCUT2D eigenvalue weighted by molar-refractivity contribution is 6.05. The van der Waals surface area contributed by atoms with Gasteiger partial charge in [-0.2, -0.15) is 0 Å². The Morgan fingerprint density at radius 1 is 1.07 bits per heavy atom. The highest BCUT2D eigenvalue weighted by atomic mass is 35.5. The Hall–Kier alpha value is -1.10. The highest BCUT2D eigenvalue weighted by Gasteiger charge is 2.60. The number of halogens is 1. The first-order chi connectivity index (χ1) is 13.1. The number of aliphatic hydroxyl groups is 1. The predicted octanol–water partition coefficient (Wildman–Crippen LogP) is 4.11. The number of likely N-dealkylation sites (tertiary alicyclic amines) is 1. The van der Waals surface area contributed by atoms with Gasteiger partial charge in [0, 0.05) is 24.8 Å². The smallest absolute Gasteiger partial charge is 0.235 e. The second-order valence-electron chi connectivity index (χ2n) is 9.20. The molecule has 28 heavy (non-hydrogen) atoms. The molecule has 2 aliphatic heterocycles. The van der Waals surface area contributed by atoms with Crippen molar-refractivity contribution in [2.24, 2.45) is 17.8 Å². The summed E-state index contributed by atoms with van der Waals surface area (Å²) in [6.45, 7) is 6.78. The van der Waals surface area contributed by atoms with Gasteiger partial charge < -0.3 is 14.9 Å². The van der Waals surface area contributed by atoms with E-state index in [0.717, 1.165) is 43.5 Å². The van der Waals surface area contributed by atoms with Crippen LogP contribution in [0.5, 0.6) is 0 Å². The second-order valence-corrected chi connectivity index (χ2v) is 9.20. The number of anilines is 1. The Morgan fingerprint density at radius 3 is 2.21 bits per heavy atom. The van der Waals surface area contributed by atoms with Gasteiger partial charge in [0.05, 0.1) is 18.1 Å². The number of benzene rings is 1. The molecule has 4 nitrogen and oxygen atoms in total. The first-order valence-electron chi connectivity index (χ1n) is 10.8. The van der Waals surface area contributed by atoms with Crippen LogP contribution < -0.4 is 4.90 Å². The predicted molar refractivity (Wildman–Crippen MR) is 116 cm³/mol. The Labute approximate surface area is 175 Å². The molecule has 1 aromatic rings. The van der Waals surface area contributed by atoms with Crippen LogP contribution in [0, 0.1) is 17.8 Å². The van der Waals surface area contributed by atoms with E-state index in [2.05, 4.69) is 18.7 Å². The maximum atomic E-state index is 12.7. The molecule has 1 amide bonds. The lowest BCUT2D eigenvalue weighted by Gasteiger charge is -2.60. The van der Waals surface area contributed by atoms with Crippen LogP contribution in [-0.2, 0) is 4.79 Å². The Kier molecular flexibility index (Phi) is 6.73. The highest BCUT2D eigenvalue weighted by Crippen LogP contribution is 2.48. The molecule has 156 valence electrons. The fourth-order valence-electron chi connectivity index (χ4n) is 5.89. The third kappa shape index (κ3) is 3.59. The van der Waals surface area contributed by atoms with Crippen LogP contribution in [-0.4, -0.2) is 47.2 Å². The normalized spacial score (nSPS) is 30.2. The molecule has 0 radical (unpaired) electrons. The zero-order valence-electron chi connectivity index (χ0n) is 17.2. The molecule has 0 aromatic heterocycles. The summed E-state index contributed by atoms with van der Waals surface area (Å²) in [6.07, 6.45) is 7.31. The molecule has 4 rings (SSSR count). The fourth-order valence-corrected chi connectivity index (χ4v) is 5.89. The summed E-state index contributed by atoms with van der Waals surface area (Å²) in [5, 5.41) is 9.87. The van der Waals surface area contributed by atoms with Gasteiger partial charge in [-0.25, -0.2) is 0 Å². The molecule has 1 N–H and O–H groups in total. The van der Waals surface area contributed by atoms with E-state index in [-0.39, 0.29) is 36.4 Å². The number of hydrogen-bond donors (Lipinski definition) is 1. The zero-order chi connectivity index (χ0) is 19.0. The van der Waals surface area contributed by atoms with Crippen LogP contribution in [0.2, 0.25) is 0 Å². The van der Waals surface area contributed by atoms with Crippen LogP contribution in [0.15, 0.2) is 30.3 Å². The summed E-state index contributed by atoms with van der Waals surface area (Å²) < 4.78 is 0. The van der Waals surface area contributed by atoms with Crippen molar-refractivity contribution in [2.45, 2.75) is 64.0 Å². The van der Waals surface area contributed by atoms with Crippen molar-refractivity contribution in [1.29, 1.82) is 0 Å². The van der Waals surface area contributed by atoms with E-state index in [4.69, 9.17) is 0 Å². The number of piperidine rings is 1. The number of nitrogens with zero attached hydrogens (tertiary/aromatic N) is 2. The minimum atomic E-state index is -0.225. The van der Waals surface area contributed by atoms with Gasteiger partial charge in [0.1, 0.15) is 0 Å². The van der Waals surface area contributed by atoms with Crippen LogP contribution in [0.1, 0.15) is 52.4 Å². The largest absolute Gasteiger partial charge is 0.395 e. The Bertz CT molecular complexity index is 650. The molecule has 1 atom stereocenters. The van der Waals surface area contributed by atoms with Gasteiger partial charge in [0.2, 0.25) is 5.91 Å². The molecule has 2 heterocycles. The van der Waals surface area contributed by atoms with Crippen molar-refractivity contribution in [3.8, 4) is 0 Å². The minimum Gasteiger partial charge on any atom is -0.395 e. The maximum Gasteiger partial charge on any atom is 0.235 e. The minimum absolute atomic E-state index is 0. The van der Waals surface area contributed by atoms with Crippen molar-refractivity contribution in [3.05, 3.63) is 30.3 Å². The summed E-state index contributed by atoms with van der Waals surface area (Å²) in [4.78, 5) is 17.4. The molecular weight excluding hydrogens is 372 g/mol. The number of carbonyl (C=O) groups is 1. The topological polar surface area (TPSA) is 43.8 Å². The standard InChI is InChI=1S/C23H34N2O2.ClH/c1-17(2)18-8-10-19(11-9-18)24-14-12-23(13-15-24)21(16-26)22(27)25(23)20-6-4-3-5-7-20;/h3-7,17-19,21,26H,8-16H2,1-2H3;1H/t18-,19-,21?;. The van der Waals surface area contributed by atoms with Crippen LogP contribution in [0.4, 0.5) is 5.69 Å². The van der Waals surface area contributed by atoms with E-state index in [0.29, 0.717) is 6.04 Å². The van der Waals surface area contributed by atoms with Gasteiger partial charge in [0.15, 0.2) is 0 Å². The van der Waals surface area contributed by atoms with E-state index in [9.17, 15) is 9.90 Å². The first-order valence-corrected chi connectivity index (χ1v) is 10.8. The van der Waals surface area contributed by atoms with Crippen LogP contribution in [0.3, 0.4) is 0 Å². The lowest BCUT2D eigenvalue weighted by molar-refractivity contribution is -0.140. The van der Waals surface area contributed by atoms with Gasteiger partial charge in [-0.1, -0.05) is 32.0 Å². The molecular formula is C23H35ClN2O2. The SMILES string of the molecule is CC(C)[C@H]1CC[C@H](N2CCC3(CC2)C(CO)C(=O)N3c2ccccc2)CC1.Cl. The van der Waals surface area contributed by atoms with Gasteiger partial charge >= 0.3 is 0 Å². The van der Waals surface area contributed by atoms with Crippen LogP contribution >= 0.6 is 12.4 Å². The number of β-lactam (4-membered cyclic amide) rings is 1. The summed E-state index contributed by atoms with van der Waals surface area (Å²) in [6, 6.07) is 10.7. The van der Waals surface area contributed by atoms with E-state index in [1.165, 1.54) is 25.7 Å². The molecule has 1 saturated carbocycles. The molecule has 5 heteroatoms. The van der Waals surface area contributed by atoms with Crippen molar-refractivity contribution >= 4 is 24.0 Å². The lowest BCUT2D eigenvalue weighted by atomic mass is 9.66. The Morgan fingerprint density at radius 2 is 1.68 bits per heavy atom.